The number of hydrogen-bond donors (Lipinski definition) is 0. The van der Waals surface area contributed by atoms with E-state index in [1.54, 1.807) is 25.1 Å². The molecule has 2 heterocycles. The summed E-state index contributed by atoms with van der Waals surface area (Å²) in [6.45, 7) is 5.23. The number of hydrogen-bond acceptors (Lipinski definition) is 8. The molecular weight excluding hydrogens is 532 g/mol. The third-order valence-electron chi connectivity index (χ3n) is 6.12. The number of ether oxygens (including phenoxy) is 2. The third kappa shape index (κ3) is 5.49. The quantitative estimate of drug-likeness (QED) is 0.424. The van der Waals surface area contributed by atoms with Crippen molar-refractivity contribution in [3.05, 3.63) is 58.4 Å². The van der Waals surface area contributed by atoms with Gasteiger partial charge in [-0.15, -0.1) is 0 Å². The van der Waals surface area contributed by atoms with E-state index in [4.69, 9.17) is 9.47 Å². The summed E-state index contributed by atoms with van der Waals surface area (Å²) in [6, 6.07) is 10.8. The minimum Gasteiger partial charge on any atom is -0.465 e. The first-order valence-corrected chi connectivity index (χ1v) is 14.3. The molecular formula is C25H28N4O7S2. The van der Waals surface area contributed by atoms with E-state index in [2.05, 4.69) is 4.99 Å². The monoisotopic (exact) mass is 560 g/mol. The number of piperazine rings is 1. The van der Waals surface area contributed by atoms with Gasteiger partial charge in [-0.2, -0.15) is 9.30 Å². The number of aromatic nitrogens is 1. The van der Waals surface area contributed by atoms with Gasteiger partial charge in [0, 0.05) is 38.3 Å². The minimum absolute atomic E-state index is 0.0551. The Labute approximate surface area is 224 Å². The van der Waals surface area contributed by atoms with Crippen LogP contribution in [0.25, 0.3) is 10.2 Å². The normalized spacial score (nSPS) is 15.0. The highest BCUT2D eigenvalue weighted by Gasteiger charge is 2.30. The summed E-state index contributed by atoms with van der Waals surface area (Å²) in [6.07, 6.45) is -0.455. The summed E-state index contributed by atoms with van der Waals surface area (Å²) < 4.78 is 39.9. The van der Waals surface area contributed by atoms with Gasteiger partial charge >= 0.3 is 12.1 Å². The SMILES string of the molecule is CCOC(=O)N1CCN(S(=O)(=O)c2ccc(C(=O)N=c3sc4cc(C(=O)OC)ccc4n3CC)cc2)CC1. The van der Waals surface area contributed by atoms with Crippen LogP contribution in [0.15, 0.2) is 52.4 Å². The Bertz CT molecular complexity index is 1530. The molecule has 0 N–H and O–H groups in total. The van der Waals surface area contributed by atoms with Crippen molar-refractivity contribution in [3.63, 3.8) is 0 Å². The van der Waals surface area contributed by atoms with Crippen LogP contribution < -0.4 is 4.80 Å². The molecule has 2 aromatic carbocycles. The number of nitrogens with zero attached hydrogens (tertiary/aromatic N) is 4. The molecule has 0 spiro atoms. The molecule has 11 nitrogen and oxygen atoms in total. The summed E-state index contributed by atoms with van der Waals surface area (Å²) in [5.41, 5.74) is 1.48. The summed E-state index contributed by atoms with van der Waals surface area (Å²) in [5.74, 6) is -0.965. The molecule has 1 aromatic heterocycles. The Morgan fingerprint density at radius 1 is 0.974 bits per heavy atom. The average molecular weight is 561 g/mol. The maximum Gasteiger partial charge on any atom is 0.409 e. The molecule has 1 aliphatic rings. The lowest BCUT2D eigenvalue weighted by atomic mass is 10.2. The average Bonchev–Trinajstić information content (AvgIpc) is 3.28. The molecule has 0 atom stereocenters. The van der Waals surface area contributed by atoms with Crippen molar-refractivity contribution in [2.24, 2.45) is 4.99 Å². The highest BCUT2D eigenvalue weighted by Crippen LogP contribution is 2.21. The number of benzene rings is 2. The largest absolute Gasteiger partial charge is 0.465 e. The molecule has 3 aromatic rings. The molecule has 0 saturated carbocycles. The van der Waals surface area contributed by atoms with Crippen molar-refractivity contribution in [2.45, 2.75) is 25.3 Å². The van der Waals surface area contributed by atoms with Gasteiger partial charge in [0.15, 0.2) is 4.80 Å². The molecule has 13 heteroatoms. The van der Waals surface area contributed by atoms with E-state index in [-0.39, 0.29) is 43.2 Å². The minimum atomic E-state index is -3.79. The summed E-state index contributed by atoms with van der Waals surface area (Å²) >= 11 is 1.27. The number of aryl methyl sites for hydroxylation is 1. The summed E-state index contributed by atoms with van der Waals surface area (Å²) in [7, 11) is -2.48. The Balaban J connectivity index is 1.53. The summed E-state index contributed by atoms with van der Waals surface area (Å²) in [5, 5.41) is 0. The van der Waals surface area contributed by atoms with E-state index >= 15 is 0 Å². The number of fused-ring (bicyclic) bond motifs is 1. The van der Waals surface area contributed by atoms with Crippen molar-refractivity contribution in [1.82, 2.24) is 13.8 Å². The topological polar surface area (TPSA) is 128 Å². The molecule has 2 amide bonds. The molecule has 202 valence electrons. The van der Waals surface area contributed by atoms with Crippen molar-refractivity contribution in [1.29, 1.82) is 0 Å². The zero-order chi connectivity index (χ0) is 27.4. The number of thiazole rings is 1. The fourth-order valence-corrected chi connectivity index (χ4v) is 6.66. The van der Waals surface area contributed by atoms with Gasteiger partial charge < -0.3 is 18.9 Å². The first kappa shape index (κ1) is 27.5. The van der Waals surface area contributed by atoms with Gasteiger partial charge in [-0.05, 0) is 56.3 Å². The summed E-state index contributed by atoms with van der Waals surface area (Å²) in [4.78, 5) is 43.0. The maximum atomic E-state index is 13.1. The van der Waals surface area contributed by atoms with Gasteiger partial charge in [-0.1, -0.05) is 11.3 Å². The molecule has 0 unspecified atom stereocenters. The van der Waals surface area contributed by atoms with Crippen molar-refractivity contribution in [3.8, 4) is 0 Å². The number of sulfonamides is 1. The lowest BCUT2D eigenvalue weighted by Crippen LogP contribution is -2.50. The zero-order valence-corrected chi connectivity index (χ0v) is 22.9. The number of rotatable bonds is 6. The molecule has 0 bridgehead atoms. The number of methoxy groups -OCH3 is 1. The van der Waals surface area contributed by atoms with Crippen molar-refractivity contribution >= 4 is 49.5 Å². The zero-order valence-electron chi connectivity index (χ0n) is 21.2. The van der Waals surface area contributed by atoms with E-state index in [0.29, 0.717) is 16.9 Å². The van der Waals surface area contributed by atoms with Crippen LogP contribution >= 0.6 is 11.3 Å². The van der Waals surface area contributed by atoms with Gasteiger partial charge in [0.05, 0.1) is 34.4 Å². The second-order valence-electron chi connectivity index (χ2n) is 8.33. The molecule has 1 aliphatic heterocycles. The van der Waals surface area contributed by atoms with Crippen LogP contribution in [0.1, 0.15) is 34.6 Å². The predicted octanol–water partition coefficient (Wildman–Crippen LogP) is 2.71. The van der Waals surface area contributed by atoms with Crippen LogP contribution in [0.2, 0.25) is 0 Å². The number of amides is 2. The molecule has 0 aliphatic carbocycles. The van der Waals surface area contributed by atoms with Crippen molar-refractivity contribution < 1.29 is 32.3 Å². The molecule has 1 saturated heterocycles. The van der Waals surface area contributed by atoms with Crippen molar-refractivity contribution in [2.75, 3.05) is 39.9 Å². The Morgan fingerprint density at radius 3 is 2.24 bits per heavy atom. The standard InChI is InChI=1S/C25H28N4O7S2/c1-4-29-20-11-8-18(23(31)35-3)16-21(20)37-24(29)26-22(30)17-6-9-19(10-7-17)38(33,34)28-14-12-27(13-15-28)25(32)36-5-2/h6-11,16H,4-5,12-15H2,1-3H3. The highest BCUT2D eigenvalue weighted by atomic mass is 32.2. The van der Waals surface area contributed by atoms with Gasteiger partial charge in [-0.3, -0.25) is 4.79 Å². The highest BCUT2D eigenvalue weighted by molar-refractivity contribution is 7.89. The van der Waals surface area contributed by atoms with Crippen LogP contribution in [0.3, 0.4) is 0 Å². The molecule has 4 rings (SSSR count). The van der Waals surface area contributed by atoms with Gasteiger partial charge in [0.2, 0.25) is 10.0 Å². The van der Waals surface area contributed by atoms with Crippen LogP contribution in [-0.4, -0.2) is 80.1 Å². The van der Waals surface area contributed by atoms with Crippen LogP contribution in [0.4, 0.5) is 4.79 Å². The van der Waals surface area contributed by atoms with E-state index < -0.39 is 28.0 Å². The van der Waals surface area contributed by atoms with E-state index in [1.165, 1.54) is 51.9 Å². The maximum absolute atomic E-state index is 13.1. The fraction of sp³-hybridized carbons (Fsp3) is 0.360. The van der Waals surface area contributed by atoms with Gasteiger partial charge in [0.1, 0.15) is 0 Å². The first-order chi connectivity index (χ1) is 18.2. The smallest absolute Gasteiger partial charge is 0.409 e. The third-order valence-corrected chi connectivity index (χ3v) is 9.07. The second-order valence-corrected chi connectivity index (χ2v) is 11.3. The Morgan fingerprint density at radius 2 is 1.63 bits per heavy atom. The number of carbonyl (C=O) groups is 3. The first-order valence-electron chi connectivity index (χ1n) is 12.0. The van der Waals surface area contributed by atoms with Crippen LogP contribution in [0.5, 0.6) is 0 Å². The van der Waals surface area contributed by atoms with Crippen LogP contribution in [0, 0.1) is 0 Å². The van der Waals surface area contributed by atoms with E-state index in [1.807, 2.05) is 11.5 Å². The number of carbonyl (C=O) groups excluding carboxylic acids is 3. The Hall–Kier alpha value is -3.55. The lowest BCUT2D eigenvalue weighted by molar-refractivity contribution is 0.0600. The lowest BCUT2D eigenvalue weighted by Gasteiger charge is -2.33. The predicted molar refractivity (Wildman–Crippen MR) is 141 cm³/mol. The van der Waals surface area contributed by atoms with E-state index in [9.17, 15) is 22.8 Å². The number of esters is 1. The molecule has 38 heavy (non-hydrogen) atoms. The molecule has 1 fully saturated rings. The van der Waals surface area contributed by atoms with Crippen LogP contribution in [-0.2, 0) is 26.0 Å². The molecule has 0 radical (unpaired) electrons. The second kappa shape index (κ2) is 11.5. The Kier molecular flexibility index (Phi) is 8.29. The fourth-order valence-electron chi connectivity index (χ4n) is 4.10. The van der Waals surface area contributed by atoms with E-state index in [0.717, 1.165) is 10.2 Å². The van der Waals surface area contributed by atoms with Gasteiger partial charge in [0.25, 0.3) is 5.91 Å². The van der Waals surface area contributed by atoms with Gasteiger partial charge in [-0.25, -0.2) is 18.0 Å².